The summed E-state index contributed by atoms with van der Waals surface area (Å²) in [7, 11) is 2.90. The van der Waals surface area contributed by atoms with Gasteiger partial charge in [-0.2, -0.15) is 0 Å². The molecule has 0 N–H and O–H groups in total. The maximum atomic E-state index is 11.4. The highest BCUT2D eigenvalue weighted by Gasteiger charge is 2.51. The lowest BCUT2D eigenvalue weighted by Crippen LogP contribution is -2.08. The van der Waals surface area contributed by atoms with Crippen molar-refractivity contribution in [2.75, 3.05) is 14.2 Å². The molecule has 0 aliphatic heterocycles. The molecule has 0 spiro atoms. The summed E-state index contributed by atoms with van der Waals surface area (Å²) in [4.78, 5) is 11.4. The average molecular weight is 200 g/mol. The number of hydrogen-bond donors (Lipinski definition) is 0. The van der Waals surface area contributed by atoms with E-state index in [-0.39, 0.29) is 23.2 Å². The third-order valence-corrected chi connectivity index (χ3v) is 2.47. The Morgan fingerprint density at radius 2 is 1.86 bits per heavy atom. The van der Waals surface area contributed by atoms with Crippen molar-refractivity contribution < 1.29 is 19.0 Å². The molecule has 0 aromatic carbocycles. The number of ether oxygens (including phenoxy) is 3. The minimum atomic E-state index is -0.221. The first-order valence-corrected chi connectivity index (χ1v) is 4.50. The van der Waals surface area contributed by atoms with Crippen molar-refractivity contribution in [3.8, 4) is 0 Å². The summed E-state index contributed by atoms with van der Waals surface area (Å²) in [5.74, 6) is -0.0212. The first-order valence-electron chi connectivity index (χ1n) is 4.50. The monoisotopic (exact) mass is 200 g/mol. The van der Waals surface area contributed by atoms with Crippen LogP contribution >= 0.6 is 0 Å². The van der Waals surface area contributed by atoms with Crippen LogP contribution in [0.1, 0.15) is 20.3 Å². The fourth-order valence-corrected chi connectivity index (χ4v) is 1.24. The zero-order valence-corrected chi connectivity index (χ0v) is 8.99. The van der Waals surface area contributed by atoms with E-state index in [0.717, 1.165) is 6.42 Å². The van der Waals surface area contributed by atoms with Crippen LogP contribution < -0.4 is 0 Å². The second-order valence-corrected chi connectivity index (χ2v) is 4.03. The summed E-state index contributed by atoms with van der Waals surface area (Å²) in [5.41, 5.74) is 0.0885. The Labute approximate surface area is 83.8 Å². The Hall–Kier alpha value is -1.19. The predicted molar refractivity (Wildman–Crippen MR) is 50.1 cm³/mol. The van der Waals surface area contributed by atoms with Gasteiger partial charge in [0.1, 0.15) is 0 Å². The molecule has 1 rings (SSSR count). The van der Waals surface area contributed by atoms with Crippen LogP contribution in [0.15, 0.2) is 12.2 Å². The molecule has 1 unspecified atom stereocenters. The molecule has 0 aromatic heterocycles. The Morgan fingerprint density at radius 3 is 2.21 bits per heavy atom. The lowest BCUT2D eigenvalue weighted by molar-refractivity contribution is -0.141. The number of esters is 1. The fourth-order valence-electron chi connectivity index (χ4n) is 1.24. The van der Waals surface area contributed by atoms with E-state index in [1.807, 2.05) is 13.8 Å². The van der Waals surface area contributed by atoms with Crippen LogP contribution in [0.4, 0.5) is 0 Å². The summed E-state index contributed by atoms with van der Waals surface area (Å²) >= 11 is 0. The standard InChI is InChI=1S/C10H16O4/c1-10(2)5-7(10)9(11)14-6-8(12-3)13-4/h6-7H,5H2,1-4H3. The maximum absolute atomic E-state index is 11.4. The van der Waals surface area contributed by atoms with Gasteiger partial charge in [-0.3, -0.25) is 4.79 Å². The molecule has 0 radical (unpaired) electrons. The third-order valence-electron chi connectivity index (χ3n) is 2.47. The van der Waals surface area contributed by atoms with Gasteiger partial charge >= 0.3 is 11.9 Å². The van der Waals surface area contributed by atoms with E-state index in [1.54, 1.807) is 0 Å². The number of carbonyl (C=O) groups is 1. The van der Waals surface area contributed by atoms with E-state index in [1.165, 1.54) is 20.5 Å². The molecule has 80 valence electrons. The first-order chi connectivity index (χ1) is 6.51. The normalized spacial score (nSPS) is 22.1. The molecular formula is C10H16O4. The van der Waals surface area contributed by atoms with Crippen LogP contribution in [-0.2, 0) is 19.0 Å². The third kappa shape index (κ3) is 2.40. The molecule has 14 heavy (non-hydrogen) atoms. The molecule has 1 aliphatic rings. The van der Waals surface area contributed by atoms with Crippen LogP contribution in [0.25, 0.3) is 0 Å². The van der Waals surface area contributed by atoms with Gasteiger partial charge in [0.15, 0.2) is 6.26 Å². The van der Waals surface area contributed by atoms with Gasteiger partial charge in [-0.05, 0) is 11.8 Å². The van der Waals surface area contributed by atoms with E-state index in [2.05, 4.69) is 0 Å². The molecule has 1 aliphatic carbocycles. The molecule has 0 aromatic rings. The van der Waals surface area contributed by atoms with Crippen molar-refractivity contribution >= 4 is 5.97 Å². The number of hydrogen-bond acceptors (Lipinski definition) is 4. The average Bonchev–Trinajstić information content (AvgIpc) is 2.77. The minimum absolute atomic E-state index is 0.00807. The van der Waals surface area contributed by atoms with Gasteiger partial charge < -0.3 is 14.2 Å². The van der Waals surface area contributed by atoms with Crippen molar-refractivity contribution in [3.05, 3.63) is 12.2 Å². The van der Waals surface area contributed by atoms with Gasteiger partial charge in [-0.25, -0.2) is 0 Å². The molecule has 0 heterocycles. The van der Waals surface area contributed by atoms with Gasteiger partial charge in [0, 0.05) is 0 Å². The highest BCUT2D eigenvalue weighted by Crippen LogP contribution is 2.52. The molecule has 0 saturated heterocycles. The molecule has 1 fully saturated rings. The van der Waals surface area contributed by atoms with Crippen LogP contribution in [0.5, 0.6) is 0 Å². The van der Waals surface area contributed by atoms with E-state index in [9.17, 15) is 4.79 Å². The highest BCUT2D eigenvalue weighted by atomic mass is 16.7. The van der Waals surface area contributed by atoms with E-state index in [0.29, 0.717) is 0 Å². The number of carbonyl (C=O) groups excluding carboxylic acids is 1. The lowest BCUT2D eigenvalue weighted by atomic mass is 10.1. The van der Waals surface area contributed by atoms with E-state index in [4.69, 9.17) is 14.2 Å². The zero-order chi connectivity index (χ0) is 10.8. The molecule has 4 nitrogen and oxygen atoms in total. The minimum Gasteiger partial charge on any atom is -0.467 e. The second kappa shape index (κ2) is 3.90. The van der Waals surface area contributed by atoms with Crippen LogP contribution in [0.3, 0.4) is 0 Å². The Bertz CT molecular complexity index is 249. The summed E-state index contributed by atoms with van der Waals surface area (Å²) < 4.78 is 14.4. The molecule has 0 bridgehead atoms. The topological polar surface area (TPSA) is 44.8 Å². The van der Waals surface area contributed by atoms with Gasteiger partial charge in [0.25, 0.3) is 0 Å². The van der Waals surface area contributed by atoms with Crippen molar-refractivity contribution in [2.45, 2.75) is 20.3 Å². The first kappa shape index (κ1) is 10.9. The second-order valence-electron chi connectivity index (χ2n) is 4.03. The molecule has 4 heteroatoms. The van der Waals surface area contributed by atoms with Crippen LogP contribution in [0.2, 0.25) is 0 Å². The Balaban J connectivity index is 2.39. The lowest BCUT2D eigenvalue weighted by Gasteiger charge is -2.04. The molecule has 0 amide bonds. The van der Waals surface area contributed by atoms with Gasteiger partial charge in [-0.15, -0.1) is 0 Å². The molecule has 1 atom stereocenters. The van der Waals surface area contributed by atoms with E-state index < -0.39 is 0 Å². The summed E-state index contributed by atoms with van der Waals surface area (Å²) in [6.45, 7) is 4.08. The fraction of sp³-hybridized carbons (Fsp3) is 0.700. The van der Waals surface area contributed by atoms with Crippen molar-refractivity contribution in [1.82, 2.24) is 0 Å². The molecule has 1 saturated carbocycles. The quantitative estimate of drug-likeness (QED) is 0.511. The largest absolute Gasteiger partial charge is 0.467 e. The smallest absolute Gasteiger partial charge is 0.315 e. The summed E-state index contributed by atoms with van der Waals surface area (Å²) in [5, 5.41) is 0. The summed E-state index contributed by atoms with van der Waals surface area (Å²) in [6, 6.07) is 0. The zero-order valence-electron chi connectivity index (χ0n) is 8.99. The molecular weight excluding hydrogens is 184 g/mol. The highest BCUT2D eigenvalue weighted by molar-refractivity contribution is 5.77. The van der Waals surface area contributed by atoms with E-state index >= 15 is 0 Å². The van der Waals surface area contributed by atoms with Crippen molar-refractivity contribution in [1.29, 1.82) is 0 Å². The maximum Gasteiger partial charge on any atom is 0.315 e. The Morgan fingerprint density at radius 1 is 1.36 bits per heavy atom. The SMILES string of the molecule is COC(=COC(=O)C1CC1(C)C)OC. The number of rotatable bonds is 4. The van der Waals surface area contributed by atoms with Crippen molar-refractivity contribution in [3.63, 3.8) is 0 Å². The predicted octanol–water partition coefficient (Wildman–Crippen LogP) is 1.67. The van der Waals surface area contributed by atoms with Gasteiger partial charge in [0.2, 0.25) is 0 Å². The Kier molecular flexibility index (Phi) is 3.03. The van der Waals surface area contributed by atoms with Gasteiger partial charge in [0.05, 0.1) is 20.1 Å². The van der Waals surface area contributed by atoms with Gasteiger partial charge in [-0.1, -0.05) is 13.8 Å². The van der Waals surface area contributed by atoms with Crippen molar-refractivity contribution in [2.24, 2.45) is 11.3 Å². The van der Waals surface area contributed by atoms with Crippen LogP contribution in [-0.4, -0.2) is 20.2 Å². The number of methoxy groups -OCH3 is 2. The summed E-state index contributed by atoms with van der Waals surface area (Å²) in [6.07, 6.45) is 2.08. The van der Waals surface area contributed by atoms with Crippen LogP contribution in [0, 0.1) is 11.3 Å².